The third-order valence-electron chi connectivity index (χ3n) is 7.34. The van der Waals surface area contributed by atoms with E-state index in [0.29, 0.717) is 66.7 Å². The minimum atomic E-state index is -0.285. The van der Waals surface area contributed by atoms with Crippen LogP contribution in [0.25, 0.3) is 11.3 Å². The van der Waals surface area contributed by atoms with Gasteiger partial charge in [-0.25, -0.2) is 4.98 Å². The summed E-state index contributed by atoms with van der Waals surface area (Å²) in [5, 5.41) is 19.6. The van der Waals surface area contributed by atoms with Crippen LogP contribution in [0.1, 0.15) is 67.3 Å². The van der Waals surface area contributed by atoms with E-state index in [0.717, 1.165) is 29.7 Å². The van der Waals surface area contributed by atoms with Gasteiger partial charge in [-0.05, 0) is 43.9 Å². The number of carbonyl (C=O) groups is 6. The molecule has 5 rings (SSSR count). The Labute approximate surface area is 287 Å². The molecule has 0 spiro atoms. The Hall–Kier alpha value is -4.82. The van der Waals surface area contributed by atoms with Gasteiger partial charge in [-0.1, -0.05) is 35.9 Å². The molecular formula is C33H38ClN7O6S. The molecule has 0 bridgehead atoms. The molecule has 3 aromatic rings. The van der Waals surface area contributed by atoms with Crippen LogP contribution in [0.5, 0.6) is 0 Å². The maximum atomic E-state index is 12.3. The molecule has 0 aliphatic carbocycles. The predicted molar refractivity (Wildman–Crippen MR) is 183 cm³/mol. The highest BCUT2D eigenvalue weighted by molar-refractivity contribution is 7.14. The first-order valence-corrected chi connectivity index (χ1v) is 17.0. The fourth-order valence-electron chi connectivity index (χ4n) is 4.82. The second kappa shape index (κ2) is 18.5. The quantitative estimate of drug-likeness (QED) is 0.115. The van der Waals surface area contributed by atoms with Gasteiger partial charge >= 0.3 is 0 Å². The van der Waals surface area contributed by atoms with Crippen LogP contribution in [0.4, 0.5) is 10.8 Å². The van der Waals surface area contributed by atoms with Crippen molar-refractivity contribution < 1.29 is 28.8 Å². The number of benzene rings is 2. The zero-order valence-electron chi connectivity index (χ0n) is 26.3. The van der Waals surface area contributed by atoms with E-state index in [4.69, 9.17) is 11.6 Å². The summed E-state index contributed by atoms with van der Waals surface area (Å²) in [7, 11) is 0. The third-order valence-corrected chi connectivity index (χ3v) is 8.47. The van der Waals surface area contributed by atoms with Crippen molar-refractivity contribution >= 4 is 69.2 Å². The molecule has 2 aromatic carbocycles. The predicted octanol–water partition coefficient (Wildman–Crippen LogP) is 3.75. The lowest BCUT2D eigenvalue weighted by molar-refractivity contribution is -0.129. The number of rotatable bonds is 13. The van der Waals surface area contributed by atoms with Gasteiger partial charge in [0.05, 0.1) is 12.2 Å². The van der Waals surface area contributed by atoms with Gasteiger partial charge in [0.25, 0.3) is 5.91 Å². The van der Waals surface area contributed by atoms with Gasteiger partial charge in [0.15, 0.2) is 5.13 Å². The third kappa shape index (κ3) is 11.5. The molecule has 1 aromatic heterocycles. The van der Waals surface area contributed by atoms with Crippen LogP contribution in [0.3, 0.4) is 0 Å². The molecule has 2 aliphatic heterocycles. The van der Waals surface area contributed by atoms with Gasteiger partial charge in [0, 0.05) is 78.1 Å². The zero-order valence-corrected chi connectivity index (χ0v) is 27.9. The van der Waals surface area contributed by atoms with Gasteiger partial charge < -0.3 is 26.6 Å². The van der Waals surface area contributed by atoms with Crippen LogP contribution in [0, 0.1) is 0 Å². The highest BCUT2D eigenvalue weighted by atomic mass is 35.5. The first-order valence-electron chi connectivity index (χ1n) is 15.7. The lowest BCUT2D eigenvalue weighted by atomic mass is 10.1. The first kappa shape index (κ1) is 36.0. The molecule has 2 aliphatic rings. The SMILES string of the molecule is O=C(CCC(=O)Nc1cccc2c1CNC2=O)NCCCCNC(=O)CNc1nc(-c2ccccc2Cl)cs1.O=C1CCCCC(=O)N1. The topological polar surface area (TPSA) is 187 Å². The molecule has 6 N–H and O–H groups in total. The van der Waals surface area contributed by atoms with Gasteiger partial charge in [-0.15, -0.1) is 11.3 Å². The number of imide groups is 1. The van der Waals surface area contributed by atoms with Crippen LogP contribution in [0.2, 0.25) is 5.02 Å². The number of hydrogen-bond acceptors (Lipinski definition) is 9. The normalized spacial score (nSPS) is 13.6. The lowest BCUT2D eigenvalue weighted by Gasteiger charge is -2.09. The highest BCUT2D eigenvalue weighted by Gasteiger charge is 2.22. The van der Waals surface area contributed by atoms with Crippen molar-refractivity contribution in [2.24, 2.45) is 0 Å². The van der Waals surface area contributed by atoms with Crippen molar-refractivity contribution in [3.8, 4) is 11.3 Å². The Morgan fingerprint density at radius 2 is 1.50 bits per heavy atom. The fraction of sp³-hybridized carbons (Fsp3) is 0.364. The fourth-order valence-corrected chi connectivity index (χ4v) is 5.76. The van der Waals surface area contributed by atoms with E-state index < -0.39 is 0 Å². The molecule has 0 saturated carbocycles. The number of anilines is 2. The van der Waals surface area contributed by atoms with Gasteiger partial charge in [-0.3, -0.25) is 34.1 Å². The molecule has 0 unspecified atom stereocenters. The largest absolute Gasteiger partial charge is 0.356 e. The Morgan fingerprint density at radius 3 is 2.23 bits per heavy atom. The first-order chi connectivity index (χ1) is 23.2. The summed E-state index contributed by atoms with van der Waals surface area (Å²) in [5.74, 6) is -1.06. The van der Waals surface area contributed by atoms with Crippen molar-refractivity contribution in [2.75, 3.05) is 30.3 Å². The number of aromatic nitrogens is 1. The van der Waals surface area contributed by atoms with E-state index in [1.165, 1.54) is 11.3 Å². The van der Waals surface area contributed by atoms with Crippen LogP contribution in [-0.2, 0) is 30.5 Å². The molecule has 1 fully saturated rings. The van der Waals surface area contributed by atoms with E-state index in [-0.39, 0.29) is 54.8 Å². The van der Waals surface area contributed by atoms with E-state index >= 15 is 0 Å². The molecular weight excluding hydrogens is 658 g/mol. The maximum Gasteiger partial charge on any atom is 0.251 e. The number of thiazole rings is 1. The Bertz CT molecular complexity index is 1630. The van der Waals surface area contributed by atoms with E-state index in [9.17, 15) is 28.8 Å². The van der Waals surface area contributed by atoms with Crippen molar-refractivity contribution in [1.29, 1.82) is 0 Å². The van der Waals surface area contributed by atoms with Crippen molar-refractivity contribution in [2.45, 2.75) is 57.9 Å². The molecule has 6 amide bonds. The standard InChI is InChI=1S/C27H29ClN6O4S.C6H9NO2/c28-20-8-2-1-6-18(20)22-16-39-27(34-22)32-15-25(37)30-13-4-3-12-29-23(35)10-11-24(36)33-21-9-5-7-17-19(21)14-31-26(17)38;8-5-3-1-2-4-6(9)7-5/h1-2,5-9,16H,3-4,10-15H2,(H,29,35)(H,30,37)(H,31,38)(H,32,34)(H,33,36);1-4H2,(H,7,8,9). The average Bonchev–Trinajstić information content (AvgIpc) is 3.65. The number of amides is 6. The molecule has 0 atom stereocenters. The molecule has 13 nitrogen and oxygen atoms in total. The monoisotopic (exact) mass is 695 g/mol. The van der Waals surface area contributed by atoms with Crippen LogP contribution < -0.4 is 31.9 Å². The Kier molecular flexibility index (Phi) is 13.9. The van der Waals surface area contributed by atoms with E-state index in [1.807, 2.05) is 29.6 Å². The van der Waals surface area contributed by atoms with Crippen LogP contribution >= 0.6 is 22.9 Å². The van der Waals surface area contributed by atoms with Gasteiger partial charge in [0.2, 0.25) is 29.5 Å². The summed E-state index contributed by atoms with van der Waals surface area (Å²) in [5.41, 5.74) is 3.50. The Morgan fingerprint density at radius 1 is 0.833 bits per heavy atom. The molecule has 48 heavy (non-hydrogen) atoms. The molecule has 1 saturated heterocycles. The molecule has 254 valence electrons. The number of halogens is 1. The summed E-state index contributed by atoms with van der Waals surface area (Å²) < 4.78 is 0. The molecule has 3 heterocycles. The number of hydrogen-bond donors (Lipinski definition) is 6. The number of unbranched alkanes of at least 4 members (excludes halogenated alkanes) is 1. The Balaban J connectivity index is 0.000000500. The molecule has 15 heteroatoms. The summed E-state index contributed by atoms with van der Waals surface area (Å²) >= 11 is 7.61. The van der Waals surface area contributed by atoms with Crippen molar-refractivity contribution in [1.82, 2.24) is 26.3 Å². The summed E-state index contributed by atoms with van der Waals surface area (Å²) in [6.07, 6.45) is 4.20. The van der Waals surface area contributed by atoms with E-state index in [1.54, 1.807) is 18.2 Å². The summed E-state index contributed by atoms with van der Waals surface area (Å²) in [4.78, 5) is 73.8. The average molecular weight is 696 g/mol. The van der Waals surface area contributed by atoms with E-state index in [2.05, 4.69) is 36.9 Å². The highest BCUT2D eigenvalue weighted by Crippen LogP contribution is 2.30. The number of carbonyl (C=O) groups excluding carboxylic acids is 6. The second-order valence-corrected chi connectivity index (χ2v) is 12.3. The minimum absolute atomic E-state index is 0.0406. The maximum absolute atomic E-state index is 12.3. The van der Waals surface area contributed by atoms with Crippen LogP contribution in [0.15, 0.2) is 47.8 Å². The smallest absolute Gasteiger partial charge is 0.251 e. The second-order valence-electron chi connectivity index (χ2n) is 11.0. The van der Waals surface area contributed by atoms with Crippen molar-refractivity contribution in [3.05, 3.63) is 64.0 Å². The number of fused-ring (bicyclic) bond motifs is 1. The number of nitrogens with one attached hydrogen (secondary N) is 6. The van der Waals surface area contributed by atoms with Crippen LogP contribution in [-0.4, -0.2) is 60.1 Å². The minimum Gasteiger partial charge on any atom is -0.356 e. The van der Waals surface area contributed by atoms with Gasteiger partial charge in [0.1, 0.15) is 0 Å². The summed E-state index contributed by atoms with van der Waals surface area (Å²) in [6, 6.07) is 12.6. The summed E-state index contributed by atoms with van der Waals surface area (Å²) in [6.45, 7) is 1.42. The molecule has 0 radical (unpaired) electrons. The number of nitrogens with zero attached hydrogens (tertiary/aromatic N) is 1. The van der Waals surface area contributed by atoms with Crippen molar-refractivity contribution in [3.63, 3.8) is 0 Å². The lowest BCUT2D eigenvalue weighted by Crippen LogP contribution is -2.31. The van der Waals surface area contributed by atoms with Gasteiger partial charge in [-0.2, -0.15) is 0 Å². The zero-order chi connectivity index (χ0) is 34.3.